The zero-order valence-electron chi connectivity index (χ0n) is 7.50. The van der Waals surface area contributed by atoms with E-state index in [9.17, 15) is 0 Å². The Hall–Kier alpha value is 0.0900. The molecule has 0 unspecified atom stereocenters. The van der Waals surface area contributed by atoms with Crippen LogP contribution < -0.4 is 5.32 Å². The molecular weight excluding hydrogens is 325 g/mol. The van der Waals surface area contributed by atoms with Crippen molar-refractivity contribution in [1.82, 2.24) is 5.32 Å². The number of nitrogens with one attached hydrogen (secondary N) is 1. The second-order valence-corrected chi connectivity index (χ2v) is 6.78. The Morgan fingerprint density at radius 1 is 1.29 bits per heavy atom. The molecule has 0 radical (unpaired) electrons. The minimum absolute atomic E-state index is 0.970. The summed E-state index contributed by atoms with van der Waals surface area (Å²) in [6.07, 6.45) is 0. The maximum absolute atomic E-state index is 3.43. The first-order valence-corrected chi connectivity index (χ1v) is 7.14. The summed E-state index contributed by atoms with van der Waals surface area (Å²) in [6, 6.07) is 6.48. The average Bonchev–Trinajstić information content (AvgIpc) is 2.77. The summed E-state index contributed by atoms with van der Waals surface area (Å²) in [5, 5.41) is 7.76. The molecule has 0 amide bonds. The van der Waals surface area contributed by atoms with Gasteiger partial charge in [-0.3, -0.25) is 0 Å². The lowest BCUT2D eigenvalue weighted by Crippen LogP contribution is -2.10. The fourth-order valence-electron chi connectivity index (χ4n) is 1.18. The van der Waals surface area contributed by atoms with E-state index in [-0.39, 0.29) is 0 Å². The van der Waals surface area contributed by atoms with Gasteiger partial charge in [0.25, 0.3) is 0 Å². The van der Waals surface area contributed by atoms with Gasteiger partial charge in [0.1, 0.15) is 0 Å². The van der Waals surface area contributed by atoms with E-state index < -0.39 is 0 Å². The molecule has 2 rings (SSSR count). The molecule has 1 N–H and O–H groups in total. The van der Waals surface area contributed by atoms with Crippen molar-refractivity contribution in [2.24, 2.45) is 0 Å². The highest BCUT2D eigenvalue weighted by Crippen LogP contribution is 2.16. The molecular formula is C10H10INS2. The molecule has 2 heterocycles. The predicted octanol–water partition coefficient (Wildman–Crippen LogP) is 3.70. The molecule has 0 fully saturated rings. The van der Waals surface area contributed by atoms with E-state index >= 15 is 0 Å². The van der Waals surface area contributed by atoms with Crippen molar-refractivity contribution in [3.63, 3.8) is 0 Å². The van der Waals surface area contributed by atoms with Crippen molar-refractivity contribution in [1.29, 1.82) is 0 Å². The van der Waals surface area contributed by atoms with Crippen molar-refractivity contribution >= 4 is 45.3 Å². The Labute approximate surface area is 105 Å². The lowest BCUT2D eigenvalue weighted by atomic mass is 10.3. The van der Waals surface area contributed by atoms with Gasteiger partial charge in [0.05, 0.1) is 2.88 Å². The lowest BCUT2D eigenvalue weighted by Gasteiger charge is -1.99. The molecule has 4 heteroatoms. The van der Waals surface area contributed by atoms with Crippen LogP contribution in [0, 0.1) is 2.88 Å². The van der Waals surface area contributed by atoms with Crippen LogP contribution in [0.25, 0.3) is 0 Å². The van der Waals surface area contributed by atoms with Crippen LogP contribution >= 0.6 is 45.3 Å². The van der Waals surface area contributed by atoms with E-state index in [1.165, 1.54) is 13.3 Å². The highest BCUT2D eigenvalue weighted by molar-refractivity contribution is 14.1. The maximum atomic E-state index is 3.43. The van der Waals surface area contributed by atoms with Crippen molar-refractivity contribution in [3.05, 3.63) is 42.3 Å². The zero-order chi connectivity index (χ0) is 9.80. The minimum Gasteiger partial charge on any atom is -0.308 e. The van der Waals surface area contributed by atoms with Gasteiger partial charge >= 0.3 is 0 Å². The van der Waals surface area contributed by atoms with Gasteiger partial charge in [-0.15, -0.1) is 22.7 Å². The molecule has 0 saturated carbocycles. The normalized spacial score (nSPS) is 10.6. The second kappa shape index (κ2) is 5.25. The molecule has 74 valence electrons. The second-order valence-electron chi connectivity index (χ2n) is 2.94. The van der Waals surface area contributed by atoms with Crippen molar-refractivity contribution in [2.45, 2.75) is 13.1 Å². The highest BCUT2D eigenvalue weighted by atomic mass is 127. The number of hydrogen-bond donors (Lipinski definition) is 1. The van der Waals surface area contributed by atoms with Gasteiger partial charge in [-0.2, -0.15) is 0 Å². The first-order chi connectivity index (χ1) is 6.84. The Bertz CT molecular complexity index is 380. The fraction of sp³-hybridized carbons (Fsp3) is 0.200. The van der Waals surface area contributed by atoms with Gasteiger partial charge in [-0.05, 0) is 51.0 Å². The first kappa shape index (κ1) is 10.6. The van der Waals surface area contributed by atoms with E-state index in [0.717, 1.165) is 13.1 Å². The average molecular weight is 335 g/mol. The number of hydrogen-bond acceptors (Lipinski definition) is 3. The summed E-state index contributed by atoms with van der Waals surface area (Å²) in [4.78, 5) is 1.40. The van der Waals surface area contributed by atoms with Gasteiger partial charge in [-0.1, -0.05) is 6.07 Å². The topological polar surface area (TPSA) is 12.0 Å². The molecule has 0 aliphatic carbocycles. The third kappa shape index (κ3) is 3.05. The van der Waals surface area contributed by atoms with Crippen LogP contribution in [0.4, 0.5) is 0 Å². The first-order valence-electron chi connectivity index (χ1n) is 4.30. The molecule has 0 atom stereocenters. The molecule has 14 heavy (non-hydrogen) atoms. The van der Waals surface area contributed by atoms with Gasteiger partial charge in [-0.25, -0.2) is 0 Å². The minimum atomic E-state index is 0.970. The molecule has 0 saturated heterocycles. The third-order valence-electron chi connectivity index (χ3n) is 1.83. The molecule has 2 aromatic heterocycles. The van der Waals surface area contributed by atoms with Gasteiger partial charge in [0.2, 0.25) is 0 Å². The van der Waals surface area contributed by atoms with E-state index in [4.69, 9.17) is 0 Å². The summed E-state index contributed by atoms with van der Waals surface area (Å²) in [5.74, 6) is 0. The molecule has 2 aromatic rings. The fourth-order valence-corrected chi connectivity index (χ4v) is 3.27. The highest BCUT2D eigenvalue weighted by Gasteiger charge is 1.97. The number of rotatable bonds is 4. The van der Waals surface area contributed by atoms with Crippen LogP contribution in [0.5, 0.6) is 0 Å². The van der Waals surface area contributed by atoms with E-state index in [1.807, 2.05) is 0 Å². The summed E-state index contributed by atoms with van der Waals surface area (Å²) < 4.78 is 1.36. The van der Waals surface area contributed by atoms with Gasteiger partial charge in [0.15, 0.2) is 0 Å². The molecule has 1 nitrogen and oxygen atoms in total. The summed E-state index contributed by atoms with van der Waals surface area (Å²) >= 11 is 5.96. The van der Waals surface area contributed by atoms with Crippen LogP contribution in [-0.2, 0) is 13.1 Å². The van der Waals surface area contributed by atoms with Crippen LogP contribution in [-0.4, -0.2) is 0 Å². The maximum Gasteiger partial charge on any atom is 0.0656 e. The van der Waals surface area contributed by atoms with E-state index in [2.05, 4.69) is 56.9 Å². The summed E-state index contributed by atoms with van der Waals surface area (Å²) in [6.45, 7) is 1.95. The summed E-state index contributed by atoms with van der Waals surface area (Å²) in [7, 11) is 0. The van der Waals surface area contributed by atoms with Crippen LogP contribution in [0.1, 0.15) is 10.4 Å². The third-order valence-corrected chi connectivity index (χ3v) is 4.54. The quantitative estimate of drug-likeness (QED) is 0.840. The van der Waals surface area contributed by atoms with Crippen LogP contribution in [0.3, 0.4) is 0 Å². The molecule has 0 spiro atoms. The lowest BCUT2D eigenvalue weighted by molar-refractivity contribution is 0.702. The van der Waals surface area contributed by atoms with Gasteiger partial charge in [0, 0.05) is 18.0 Å². The van der Waals surface area contributed by atoms with Crippen LogP contribution in [0.15, 0.2) is 29.0 Å². The van der Waals surface area contributed by atoms with E-state index in [0.29, 0.717) is 0 Å². The van der Waals surface area contributed by atoms with Crippen molar-refractivity contribution in [3.8, 4) is 0 Å². The Kier molecular flexibility index (Phi) is 3.98. The number of halogens is 1. The molecule has 0 aromatic carbocycles. The predicted molar refractivity (Wildman–Crippen MR) is 71.9 cm³/mol. The molecule has 0 aliphatic heterocycles. The number of thiophene rings is 2. The Morgan fingerprint density at radius 3 is 2.86 bits per heavy atom. The molecule has 0 aliphatic rings. The Morgan fingerprint density at radius 2 is 2.21 bits per heavy atom. The molecule has 0 bridgehead atoms. The van der Waals surface area contributed by atoms with Crippen molar-refractivity contribution in [2.75, 3.05) is 0 Å². The zero-order valence-corrected chi connectivity index (χ0v) is 11.3. The van der Waals surface area contributed by atoms with Gasteiger partial charge < -0.3 is 5.32 Å². The smallest absolute Gasteiger partial charge is 0.0656 e. The standard InChI is InChI=1S/C10H10INS2/c11-10-4-8(7-14-10)5-12-6-9-2-1-3-13-9/h1-4,7,12H,5-6H2. The summed E-state index contributed by atoms with van der Waals surface area (Å²) in [5.41, 5.74) is 1.39. The van der Waals surface area contributed by atoms with Crippen molar-refractivity contribution < 1.29 is 0 Å². The van der Waals surface area contributed by atoms with E-state index in [1.54, 1.807) is 22.7 Å². The monoisotopic (exact) mass is 335 g/mol. The Balaban J connectivity index is 1.78. The largest absolute Gasteiger partial charge is 0.308 e. The van der Waals surface area contributed by atoms with Crippen LogP contribution in [0.2, 0.25) is 0 Å². The SMILES string of the molecule is Ic1cc(CNCc2cccs2)cs1.